The fourth-order valence-corrected chi connectivity index (χ4v) is 3.23. The lowest BCUT2D eigenvalue weighted by atomic mass is 10.2. The molecule has 0 saturated carbocycles. The Morgan fingerprint density at radius 1 is 1.04 bits per heavy atom. The Hall–Kier alpha value is -2.27. The molecule has 4 nitrogen and oxygen atoms in total. The zero-order valence-electron chi connectivity index (χ0n) is 13.4. The molecular formula is C19H20FNO3. The molecule has 1 saturated heterocycles. The molecule has 0 N–H and O–H groups in total. The number of benzene rings is 2. The van der Waals surface area contributed by atoms with E-state index in [9.17, 15) is 4.39 Å². The monoisotopic (exact) mass is 329 g/mol. The molecule has 0 atom stereocenters. The summed E-state index contributed by atoms with van der Waals surface area (Å²) in [6, 6.07) is 13.9. The normalized spacial score (nSPS) is 18.2. The van der Waals surface area contributed by atoms with Crippen LogP contribution in [-0.4, -0.2) is 36.9 Å². The molecule has 126 valence electrons. The number of likely N-dealkylation sites (tertiary alicyclic amines) is 1. The van der Waals surface area contributed by atoms with Gasteiger partial charge >= 0.3 is 0 Å². The molecule has 4 rings (SSSR count). The van der Waals surface area contributed by atoms with Crippen LogP contribution in [0.4, 0.5) is 4.39 Å². The lowest BCUT2D eigenvalue weighted by molar-refractivity contribution is -0.0674. The highest BCUT2D eigenvalue weighted by Crippen LogP contribution is 2.42. The number of fused-ring (bicyclic) bond motifs is 1. The minimum atomic E-state index is -0.526. The fourth-order valence-electron chi connectivity index (χ4n) is 3.23. The van der Waals surface area contributed by atoms with Gasteiger partial charge in [0.05, 0.1) is 13.2 Å². The number of rotatable bonds is 5. The van der Waals surface area contributed by atoms with E-state index in [2.05, 4.69) is 4.90 Å². The van der Waals surface area contributed by atoms with Crippen LogP contribution in [0.15, 0.2) is 48.5 Å². The number of hydrogen-bond donors (Lipinski definition) is 0. The van der Waals surface area contributed by atoms with Gasteiger partial charge in [-0.15, -0.1) is 0 Å². The highest BCUT2D eigenvalue weighted by atomic mass is 19.1. The van der Waals surface area contributed by atoms with Crippen LogP contribution < -0.4 is 14.2 Å². The Kier molecular flexibility index (Phi) is 4.02. The summed E-state index contributed by atoms with van der Waals surface area (Å²) in [4.78, 5) is 2.33. The maximum absolute atomic E-state index is 12.8. The maximum Gasteiger partial charge on any atom is 0.265 e. The zero-order chi connectivity index (χ0) is 16.4. The molecule has 2 aliphatic heterocycles. The molecule has 0 amide bonds. The van der Waals surface area contributed by atoms with Crippen molar-refractivity contribution in [2.24, 2.45) is 0 Å². The highest BCUT2D eigenvalue weighted by Gasteiger charge is 2.46. The van der Waals surface area contributed by atoms with Gasteiger partial charge in [-0.1, -0.05) is 12.1 Å². The van der Waals surface area contributed by atoms with Crippen molar-refractivity contribution in [3.05, 3.63) is 54.3 Å². The van der Waals surface area contributed by atoms with Crippen molar-refractivity contribution in [2.75, 3.05) is 26.2 Å². The summed E-state index contributed by atoms with van der Waals surface area (Å²) >= 11 is 0. The first-order valence-electron chi connectivity index (χ1n) is 8.30. The third-order valence-electron chi connectivity index (χ3n) is 4.42. The number of ether oxygens (including phenoxy) is 3. The van der Waals surface area contributed by atoms with Gasteiger partial charge in [0.15, 0.2) is 11.5 Å². The molecule has 1 fully saturated rings. The average Bonchev–Trinajstić information content (AvgIpc) is 3.16. The van der Waals surface area contributed by atoms with Gasteiger partial charge in [-0.2, -0.15) is 0 Å². The third kappa shape index (κ3) is 3.17. The van der Waals surface area contributed by atoms with E-state index in [0.717, 1.165) is 44.0 Å². The molecule has 1 spiro atoms. The summed E-state index contributed by atoms with van der Waals surface area (Å²) in [7, 11) is 0. The quantitative estimate of drug-likeness (QED) is 0.786. The van der Waals surface area contributed by atoms with Gasteiger partial charge in [-0.3, -0.25) is 4.90 Å². The lowest BCUT2D eigenvalue weighted by Crippen LogP contribution is -2.41. The van der Waals surface area contributed by atoms with E-state index in [4.69, 9.17) is 14.2 Å². The van der Waals surface area contributed by atoms with Crippen molar-refractivity contribution >= 4 is 0 Å². The molecule has 0 bridgehead atoms. The van der Waals surface area contributed by atoms with Gasteiger partial charge in [-0.05, 0) is 42.8 Å². The van der Waals surface area contributed by atoms with Crippen molar-refractivity contribution < 1.29 is 18.6 Å². The minimum Gasteiger partial charge on any atom is -0.494 e. The summed E-state index contributed by atoms with van der Waals surface area (Å²) in [5, 5.41) is 0. The first-order valence-corrected chi connectivity index (χ1v) is 8.30. The van der Waals surface area contributed by atoms with Crippen LogP contribution in [-0.2, 0) is 0 Å². The van der Waals surface area contributed by atoms with E-state index in [-0.39, 0.29) is 5.82 Å². The molecule has 2 heterocycles. The summed E-state index contributed by atoms with van der Waals surface area (Å²) in [5.41, 5.74) is 0. The van der Waals surface area contributed by atoms with Gasteiger partial charge < -0.3 is 14.2 Å². The predicted molar refractivity (Wildman–Crippen MR) is 88.0 cm³/mol. The van der Waals surface area contributed by atoms with Crippen LogP contribution in [0.3, 0.4) is 0 Å². The standard InChI is InChI=1S/C19H20FNO3/c20-15-6-8-16(9-7-15)22-13-3-11-21-12-10-19(14-21)23-17-4-1-2-5-18(17)24-19/h1-2,4-9H,3,10-14H2. The largest absolute Gasteiger partial charge is 0.494 e. The van der Waals surface area contributed by atoms with Crippen LogP contribution in [0.2, 0.25) is 0 Å². The first kappa shape index (κ1) is 15.3. The molecule has 24 heavy (non-hydrogen) atoms. The number of halogens is 1. The number of hydrogen-bond acceptors (Lipinski definition) is 4. The smallest absolute Gasteiger partial charge is 0.265 e. The van der Waals surface area contributed by atoms with Crippen LogP contribution in [0.1, 0.15) is 12.8 Å². The molecule has 2 aromatic rings. The van der Waals surface area contributed by atoms with Crippen LogP contribution in [0.25, 0.3) is 0 Å². The second kappa shape index (κ2) is 6.32. The maximum atomic E-state index is 12.8. The molecule has 0 aromatic heterocycles. The first-order chi connectivity index (χ1) is 11.7. The predicted octanol–water partition coefficient (Wildman–Crippen LogP) is 3.47. The van der Waals surface area contributed by atoms with Crippen LogP contribution in [0, 0.1) is 5.82 Å². The highest BCUT2D eigenvalue weighted by molar-refractivity contribution is 5.43. The van der Waals surface area contributed by atoms with E-state index in [0.29, 0.717) is 12.4 Å². The van der Waals surface area contributed by atoms with Crippen LogP contribution >= 0.6 is 0 Å². The lowest BCUT2D eigenvalue weighted by Gasteiger charge is -2.23. The van der Waals surface area contributed by atoms with E-state index in [1.165, 1.54) is 12.1 Å². The van der Waals surface area contributed by atoms with Crippen molar-refractivity contribution in [3.8, 4) is 17.2 Å². The van der Waals surface area contributed by atoms with Crippen LogP contribution in [0.5, 0.6) is 17.2 Å². The van der Waals surface area contributed by atoms with Gasteiger partial charge in [0, 0.05) is 19.5 Å². The Balaban J connectivity index is 1.23. The van der Waals surface area contributed by atoms with Crippen molar-refractivity contribution in [3.63, 3.8) is 0 Å². The summed E-state index contributed by atoms with van der Waals surface area (Å²) in [6.07, 6.45) is 1.76. The molecule has 0 aliphatic carbocycles. The second-order valence-corrected chi connectivity index (χ2v) is 6.24. The van der Waals surface area contributed by atoms with E-state index in [1.54, 1.807) is 12.1 Å². The number of para-hydroxylation sites is 2. The number of nitrogens with zero attached hydrogens (tertiary/aromatic N) is 1. The van der Waals surface area contributed by atoms with E-state index in [1.807, 2.05) is 24.3 Å². The average molecular weight is 329 g/mol. The molecule has 0 radical (unpaired) electrons. The third-order valence-corrected chi connectivity index (χ3v) is 4.42. The zero-order valence-corrected chi connectivity index (χ0v) is 13.4. The molecule has 5 heteroatoms. The fraction of sp³-hybridized carbons (Fsp3) is 0.368. The van der Waals surface area contributed by atoms with E-state index >= 15 is 0 Å². The minimum absolute atomic E-state index is 0.248. The van der Waals surface area contributed by atoms with Crippen molar-refractivity contribution in [1.29, 1.82) is 0 Å². The Morgan fingerprint density at radius 3 is 2.46 bits per heavy atom. The summed E-state index contributed by atoms with van der Waals surface area (Å²) in [5.74, 6) is 1.59. The molecule has 2 aliphatic rings. The van der Waals surface area contributed by atoms with Gasteiger partial charge in [0.2, 0.25) is 0 Å². The molecule has 2 aromatic carbocycles. The topological polar surface area (TPSA) is 30.9 Å². The Bertz CT molecular complexity index is 679. The summed E-state index contributed by atoms with van der Waals surface area (Å²) in [6.45, 7) is 3.24. The van der Waals surface area contributed by atoms with Gasteiger partial charge in [-0.25, -0.2) is 4.39 Å². The Morgan fingerprint density at radius 2 is 1.75 bits per heavy atom. The van der Waals surface area contributed by atoms with Crippen molar-refractivity contribution in [2.45, 2.75) is 18.6 Å². The summed E-state index contributed by atoms with van der Waals surface area (Å²) < 4.78 is 30.6. The molecule has 0 unspecified atom stereocenters. The van der Waals surface area contributed by atoms with E-state index < -0.39 is 5.79 Å². The van der Waals surface area contributed by atoms with Crippen molar-refractivity contribution in [1.82, 2.24) is 4.90 Å². The van der Waals surface area contributed by atoms with Gasteiger partial charge in [0.1, 0.15) is 11.6 Å². The Labute approximate surface area is 140 Å². The second-order valence-electron chi connectivity index (χ2n) is 6.24. The molecular weight excluding hydrogens is 309 g/mol. The SMILES string of the molecule is Fc1ccc(OCCCN2CCC3(C2)Oc2ccccc2O3)cc1. The van der Waals surface area contributed by atoms with Gasteiger partial charge in [0.25, 0.3) is 5.79 Å².